The fourth-order valence-corrected chi connectivity index (χ4v) is 2.33. The number of hydrogen-bond acceptors (Lipinski definition) is 6. The van der Waals surface area contributed by atoms with Crippen molar-refractivity contribution >= 4 is 12.1 Å². The first kappa shape index (κ1) is 21.7. The van der Waals surface area contributed by atoms with E-state index >= 15 is 0 Å². The monoisotopic (exact) mass is 364 g/mol. The Bertz CT molecular complexity index is 641. The van der Waals surface area contributed by atoms with Gasteiger partial charge < -0.3 is 4.74 Å². The maximum Gasteiger partial charge on any atom is 0.543 e. The minimum atomic E-state index is -1.08. The quantitative estimate of drug-likeness (QED) is 0.294. The predicted octanol–water partition coefficient (Wildman–Crippen LogP) is 4.99. The normalized spacial score (nSPS) is 12.3. The highest BCUT2D eigenvalue weighted by Crippen LogP contribution is 2.28. The van der Waals surface area contributed by atoms with E-state index in [0.29, 0.717) is 11.5 Å². The van der Waals surface area contributed by atoms with Crippen LogP contribution in [0, 0.1) is 0 Å². The number of rotatable bonds is 7. The topological polar surface area (TPSA) is 71.1 Å². The molecule has 1 rings (SSSR count). The van der Waals surface area contributed by atoms with E-state index in [0.717, 1.165) is 5.56 Å². The second-order valence-corrected chi connectivity index (χ2v) is 7.26. The Hall–Kier alpha value is -2.34. The molecule has 0 saturated heterocycles. The van der Waals surface area contributed by atoms with Gasteiger partial charge in [0.2, 0.25) is 0 Å². The van der Waals surface area contributed by atoms with Gasteiger partial charge in [-0.05, 0) is 37.8 Å². The van der Waals surface area contributed by atoms with Crippen LogP contribution in [0.15, 0.2) is 35.9 Å². The number of carbonyl (C=O) groups excluding carboxylic acids is 2. The van der Waals surface area contributed by atoms with Crippen LogP contribution in [0.5, 0.6) is 0 Å². The highest BCUT2D eigenvalue weighted by Gasteiger charge is 2.21. The average molecular weight is 364 g/mol. The van der Waals surface area contributed by atoms with E-state index in [1.54, 1.807) is 26.8 Å². The first-order chi connectivity index (χ1) is 12.0. The molecule has 26 heavy (non-hydrogen) atoms. The van der Waals surface area contributed by atoms with Crippen molar-refractivity contribution in [2.45, 2.75) is 65.9 Å². The summed E-state index contributed by atoms with van der Waals surface area (Å²) in [5.74, 6) is -0.298. The molecule has 0 amide bonds. The number of carbonyl (C=O) groups is 2. The van der Waals surface area contributed by atoms with Gasteiger partial charge in [0, 0.05) is 11.0 Å². The van der Waals surface area contributed by atoms with Crippen LogP contribution in [-0.2, 0) is 29.8 Å². The highest BCUT2D eigenvalue weighted by atomic mass is 17.5. The van der Waals surface area contributed by atoms with E-state index < -0.39 is 17.5 Å². The van der Waals surface area contributed by atoms with Crippen LogP contribution in [0.4, 0.5) is 4.79 Å². The Morgan fingerprint density at radius 2 is 1.58 bits per heavy atom. The molecule has 144 valence electrons. The standard InChI is InChI=1S/C20H28O6/c1-13(2)16-8-10-17(11-9-16)20(6,7)12-15(5)18(21)24-26-25-19(22)23-14(3)4/h8-14H,1-7H3/b15-12-. The minimum absolute atomic E-state index is 0.323. The van der Waals surface area contributed by atoms with Gasteiger partial charge in [0.15, 0.2) is 0 Å². The summed E-state index contributed by atoms with van der Waals surface area (Å²) in [4.78, 5) is 31.7. The molecule has 1 aromatic carbocycles. The maximum atomic E-state index is 12.0. The fourth-order valence-electron chi connectivity index (χ4n) is 2.33. The summed E-state index contributed by atoms with van der Waals surface area (Å²) in [7, 11) is 0. The Kier molecular flexibility index (Phi) is 7.83. The molecule has 0 bridgehead atoms. The van der Waals surface area contributed by atoms with Crippen molar-refractivity contribution in [3.05, 3.63) is 47.0 Å². The molecule has 0 spiro atoms. The van der Waals surface area contributed by atoms with Crippen molar-refractivity contribution < 1.29 is 29.1 Å². The van der Waals surface area contributed by atoms with Crippen molar-refractivity contribution in [2.75, 3.05) is 0 Å². The highest BCUT2D eigenvalue weighted by molar-refractivity contribution is 5.87. The molecule has 0 aromatic heterocycles. The molecule has 0 fully saturated rings. The van der Waals surface area contributed by atoms with Gasteiger partial charge in [-0.15, -0.1) is 0 Å². The molecule has 0 aliphatic carbocycles. The van der Waals surface area contributed by atoms with Gasteiger partial charge in [-0.3, -0.25) is 4.89 Å². The molecule has 1 aromatic rings. The average Bonchev–Trinajstić information content (AvgIpc) is 2.53. The molecular weight excluding hydrogens is 336 g/mol. The van der Waals surface area contributed by atoms with Crippen molar-refractivity contribution in [1.82, 2.24) is 0 Å². The molecule has 0 atom stereocenters. The van der Waals surface area contributed by atoms with E-state index in [4.69, 9.17) is 0 Å². The lowest BCUT2D eigenvalue weighted by atomic mass is 9.82. The van der Waals surface area contributed by atoms with Gasteiger partial charge in [0.05, 0.1) is 11.1 Å². The van der Waals surface area contributed by atoms with Crippen molar-refractivity contribution in [3.63, 3.8) is 0 Å². The first-order valence-corrected chi connectivity index (χ1v) is 8.59. The SMILES string of the molecule is C/C(=C/C(C)(C)c1ccc(C(C)C)cc1)C(=O)OOOC(=O)OC(C)C. The van der Waals surface area contributed by atoms with E-state index in [1.807, 2.05) is 26.0 Å². The van der Waals surface area contributed by atoms with Crippen molar-refractivity contribution in [2.24, 2.45) is 0 Å². The Labute approximate surface area is 154 Å². The Morgan fingerprint density at radius 1 is 1.00 bits per heavy atom. The van der Waals surface area contributed by atoms with Gasteiger partial charge in [-0.1, -0.05) is 58.0 Å². The zero-order valence-corrected chi connectivity index (χ0v) is 16.5. The third-order valence-corrected chi connectivity index (χ3v) is 3.76. The van der Waals surface area contributed by atoms with Crippen LogP contribution in [0.2, 0.25) is 0 Å². The third-order valence-electron chi connectivity index (χ3n) is 3.76. The smallest absolute Gasteiger partial charge is 0.430 e. The lowest BCUT2D eigenvalue weighted by Crippen LogP contribution is -2.18. The zero-order valence-electron chi connectivity index (χ0n) is 16.5. The van der Waals surface area contributed by atoms with Gasteiger partial charge >= 0.3 is 12.1 Å². The molecule has 0 heterocycles. The van der Waals surface area contributed by atoms with Crippen LogP contribution in [0.3, 0.4) is 0 Å². The van der Waals surface area contributed by atoms with Gasteiger partial charge in [0.1, 0.15) is 0 Å². The molecule has 0 aliphatic rings. The number of ether oxygens (including phenoxy) is 1. The van der Waals surface area contributed by atoms with Crippen LogP contribution in [0.25, 0.3) is 0 Å². The molecule has 0 N–H and O–H groups in total. The molecular formula is C20H28O6. The number of allylic oxidation sites excluding steroid dienone is 1. The fraction of sp³-hybridized carbons (Fsp3) is 0.500. The second kappa shape index (κ2) is 9.38. The zero-order chi connectivity index (χ0) is 19.9. The Balaban J connectivity index is 2.68. The van der Waals surface area contributed by atoms with E-state index in [-0.39, 0.29) is 6.10 Å². The van der Waals surface area contributed by atoms with Crippen molar-refractivity contribution in [1.29, 1.82) is 0 Å². The van der Waals surface area contributed by atoms with Crippen LogP contribution < -0.4 is 0 Å². The summed E-state index contributed by atoms with van der Waals surface area (Å²) in [6.45, 7) is 13.2. The largest absolute Gasteiger partial charge is 0.543 e. The summed E-state index contributed by atoms with van der Waals surface area (Å²) in [6, 6.07) is 8.26. The second-order valence-electron chi connectivity index (χ2n) is 7.26. The number of hydrogen-bond donors (Lipinski definition) is 0. The van der Waals surface area contributed by atoms with Crippen LogP contribution in [-0.4, -0.2) is 18.2 Å². The lowest BCUT2D eigenvalue weighted by molar-refractivity contribution is -0.457. The summed E-state index contributed by atoms with van der Waals surface area (Å²) in [6.07, 6.45) is 0.321. The molecule has 0 unspecified atom stereocenters. The van der Waals surface area contributed by atoms with E-state index in [2.05, 4.69) is 45.5 Å². The van der Waals surface area contributed by atoms with Gasteiger partial charge in [0.25, 0.3) is 0 Å². The molecule has 0 aliphatic heterocycles. The van der Waals surface area contributed by atoms with E-state index in [1.165, 1.54) is 5.56 Å². The lowest BCUT2D eigenvalue weighted by Gasteiger charge is -2.22. The Morgan fingerprint density at radius 3 is 2.08 bits per heavy atom. The summed E-state index contributed by atoms with van der Waals surface area (Å²) in [5.41, 5.74) is 2.25. The summed E-state index contributed by atoms with van der Waals surface area (Å²) >= 11 is 0. The molecule has 6 heteroatoms. The third kappa shape index (κ3) is 6.88. The maximum absolute atomic E-state index is 12.0. The van der Waals surface area contributed by atoms with Crippen molar-refractivity contribution in [3.8, 4) is 0 Å². The van der Waals surface area contributed by atoms with Crippen LogP contribution >= 0.6 is 0 Å². The molecule has 0 saturated carbocycles. The minimum Gasteiger partial charge on any atom is -0.430 e. The molecule has 0 radical (unpaired) electrons. The summed E-state index contributed by atoms with van der Waals surface area (Å²) < 4.78 is 4.67. The predicted molar refractivity (Wildman–Crippen MR) is 97.2 cm³/mol. The molecule has 6 nitrogen and oxygen atoms in total. The van der Waals surface area contributed by atoms with E-state index in [9.17, 15) is 9.59 Å². The first-order valence-electron chi connectivity index (χ1n) is 8.59. The van der Waals surface area contributed by atoms with Crippen LogP contribution in [0.1, 0.15) is 65.5 Å². The summed E-state index contributed by atoms with van der Waals surface area (Å²) in [5, 5.41) is 4.18. The van der Waals surface area contributed by atoms with Gasteiger partial charge in [-0.25, -0.2) is 14.5 Å². The van der Waals surface area contributed by atoms with Gasteiger partial charge in [-0.2, -0.15) is 0 Å². The number of benzene rings is 1.